The summed E-state index contributed by atoms with van der Waals surface area (Å²) in [6, 6.07) is 0. The summed E-state index contributed by atoms with van der Waals surface area (Å²) in [5.41, 5.74) is -0.929. The molecule has 1 aliphatic heterocycles. The molecule has 0 bridgehead atoms. The van der Waals surface area contributed by atoms with E-state index in [2.05, 4.69) is 20.6 Å². The fourth-order valence-electron chi connectivity index (χ4n) is 2.25. The first-order valence-corrected chi connectivity index (χ1v) is 12.0. The topological polar surface area (TPSA) is 86.7 Å². The summed E-state index contributed by atoms with van der Waals surface area (Å²) < 4.78 is 63.8. The molecule has 0 aliphatic carbocycles. The highest BCUT2D eigenvalue weighted by Gasteiger charge is 2.33. The first kappa shape index (κ1) is 25.7. The average Bonchev–Trinajstić information content (AvgIpc) is 3.10. The van der Waals surface area contributed by atoms with E-state index in [0.29, 0.717) is 25.6 Å². The minimum Gasteiger partial charge on any atom is -0.357 e. The second-order valence-electron chi connectivity index (χ2n) is 5.57. The molecule has 1 fully saturated rings. The van der Waals surface area contributed by atoms with Gasteiger partial charge in [-0.05, 0) is 6.92 Å². The first-order chi connectivity index (χ1) is 12.7. The SMILES string of the molecule is CCNC(=NCc1nc(C(F)(F)F)cs1)NCCS(=O)(=O)N1CCSCC1.I. The monoisotopic (exact) mass is 573 g/mol. The highest BCUT2D eigenvalue weighted by molar-refractivity contribution is 14.0. The summed E-state index contributed by atoms with van der Waals surface area (Å²) in [5, 5.41) is 7.03. The number of aromatic nitrogens is 1. The van der Waals surface area contributed by atoms with E-state index >= 15 is 0 Å². The number of sulfonamides is 1. The molecule has 0 spiro atoms. The van der Waals surface area contributed by atoms with Gasteiger partial charge in [0.15, 0.2) is 11.7 Å². The molecule has 1 aromatic heterocycles. The number of guanidine groups is 1. The van der Waals surface area contributed by atoms with Crippen LogP contribution in [-0.4, -0.2) is 67.1 Å². The van der Waals surface area contributed by atoms with E-state index in [1.54, 1.807) is 11.8 Å². The zero-order valence-electron chi connectivity index (χ0n) is 15.2. The molecule has 2 heterocycles. The van der Waals surface area contributed by atoms with E-state index in [-0.39, 0.29) is 47.8 Å². The smallest absolute Gasteiger partial charge is 0.357 e. The van der Waals surface area contributed by atoms with Gasteiger partial charge in [-0.3, -0.25) is 0 Å². The molecule has 1 aliphatic rings. The average molecular weight is 573 g/mol. The van der Waals surface area contributed by atoms with Gasteiger partial charge in [0, 0.05) is 43.1 Å². The van der Waals surface area contributed by atoms with Crippen LogP contribution < -0.4 is 10.6 Å². The Morgan fingerprint density at radius 3 is 2.57 bits per heavy atom. The first-order valence-electron chi connectivity index (χ1n) is 8.31. The molecular formula is C14H23F3IN5O2S3. The summed E-state index contributed by atoms with van der Waals surface area (Å²) in [5.74, 6) is 1.86. The Morgan fingerprint density at radius 2 is 2.00 bits per heavy atom. The van der Waals surface area contributed by atoms with E-state index in [0.717, 1.165) is 28.2 Å². The molecule has 0 unspecified atom stereocenters. The van der Waals surface area contributed by atoms with Gasteiger partial charge < -0.3 is 10.6 Å². The summed E-state index contributed by atoms with van der Waals surface area (Å²) in [4.78, 5) is 7.70. The summed E-state index contributed by atoms with van der Waals surface area (Å²) >= 11 is 2.62. The highest BCUT2D eigenvalue weighted by Crippen LogP contribution is 2.30. The maximum Gasteiger partial charge on any atom is 0.434 e. The van der Waals surface area contributed by atoms with E-state index in [4.69, 9.17) is 0 Å². The minimum absolute atomic E-state index is 0. The Balaban J connectivity index is 0.00000392. The number of alkyl halides is 3. The predicted molar refractivity (Wildman–Crippen MR) is 118 cm³/mol. The lowest BCUT2D eigenvalue weighted by Crippen LogP contribution is -2.44. The Bertz CT molecular complexity index is 737. The molecule has 0 saturated carbocycles. The Hall–Kier alpha value is -0.320. The van der Waals surface area contributed by atoms with Gasteiger partial charge in [-0.25, -0.2) is 22.7 Å². The molecule has 7 nitrogen and oxygen atoms in total. The van der Waals surface area contributed by atoms with Crippen molar-refractivity contribution in [3.8, 4) is 0 Å². The lowest BCUT2D eigenvalue weighted by Gasteiger charge is -2.25. The zero-order valence-corrected chi connectivity index (χ0v) is 19.9. The minimum atomic E-state index is -4.47. The third-order valence-corrected chi connectivity index (χ3v) is 7.22. The van der Waals surface area contributed by atoms with Crippen molar-refractivity contribution in [2.75, 3.05) is 43.4 Å². The number of nitrogens with zero attached hydrogens (tertiary/aromatic N) is 3. The number of rotatable bonds is 7. The summed E-state index contributed by atoms with van der Waals surface area (Å²) in [6.07, 6.45) is -4.47. The highest BCUT2D eigenvalue weighted by atomic mass is 127. The largest absolute Gasteiger partial charge is 0.434 e. The second-order valence-corrected chi connectivity index (χ2v) is 9.83. The van der Waals surface area contributed by atoms with Crippen LogP contribution in [0, 0.1) is 0 Å². The normalized spacial score (nSPS) is 16.5. The lowest BCUT2D eigenvalue weighted by atomic mass is 10.5. The third kappa shape index (κ3) is 8.20. The Labute approximate surface area is 188 Å². The van der Waals surface area contributed by atoms with E-state index in [1.807, 2.05) is 6.92 Å². The van der Waals surface area contributed by atoms with Crippen LogP contribution in [0.25, 0.3) is 0 Å². The second kappa shape index (κ2) is 11.8. The van der Waals surface area contributed by atoms with Gasteiger partial charge >= 0.3 is 6.18 Å². The third-order valence-electron chi connectivity index (χ3n) is 3.57. The lowest BCUT2D eigenvalue weighted by molar-refractivity contribution is -0.140. The van der Waals surface area contributed by atoms with Crippen molar-refractivity contribution in [2.24, 2.45) is 4.99 Å². The molecule has 2 N–H and O–H groups in total. The molecule has 1 aromatic rings. The number of thiazole rings is 1. The maximum atomic E-state index is 12.6. The summed E-state index contributed by atoms with van der Waals surface area (Å²) in [7, 11) is -3.33. The molecule has 28 heavy (non-hydrogen) atoms. The van der Waals surface area contributed by atoms with Crippen LogP contribution >= 0.6 is 47.1 Å². The molecule has 0 atom stereocenters. The number of aliphatic imine (C=N–C) groups is 1. The van der Waals surface area contributed by atoms with E-state index in [9.17, 15) is 21.6 Å². The zero-order chi connectivity index (χ0) is 19.9. The van der Waals surface area contributed by atoms with Crippen molar-refractivity contribution in [3.63, 3.8) is 0 Å². The van der Waals surface area contributed by atoms with Gasteiger partial charge in [0.1, 0.15) is 5.01 Å². The van der Waals surface area contributed by atoms with Crippen LogP contribution in [0.2, 0.25) is 0 Å². The van der Waals surface area contributed by atoms with Gasteiger partial charge in [0.25, 0.3) is 0 Å². The number of halogens is 4. The molecule has 0 radical (unpaired) electrons. The van der Waals surface area contributed by atoms with E-state index < -0.39 is 21.9 Å². The fourth-order valence-corrected chi connectivity index (χ4v) is 5.47. The number of thioether (sulfide) groups is 1. The predicted octanol–water partition coefficient (Wildman–Crippen LogP) is 2.21. The fraction of sp³-hybridized carbons (Fsp3) is 0.714. The van der Waals surface area contributed by atoms with Gasteiger partial charge in [0.05, 0.1) is 12.3 Å². The van der Waals surface area contributed by atoms with Crippen LogP contribution in [-0.2, 0) is 22.7 Å². The van der Waals surface area contributed by atoms with Crippen LogP contribution in [0.3, 0.4) is 0 Å². The van der Waals surface area contributed by atoms with Crippen molar-refractivity contribution in [1.29, 1.82) is 0 Å². The van der Waals surface area contributed by atoms with Gasteiger partial charge in [-0.2, -0.15) is 24.9 Å². The number of hydrogen-bond donors (Lipinski definition) is 2. The molecule has 0 amide bonds. The van der Waals surface area contributed by atoms with Crippen LogP contribution in [0.15, 0.2) is 10.4 Å². The van der Waals surface area contributed by atoms with E-state index in [1.165, 1.54) is 4.31 Å². The molecule has 14 heteroatoms. The number of nitrogens with one attached hydrogen (secondary N) is 2. The maximum absolute atomic E-state index is 12.6. The van der Waals surface area contributed by atoms with Crippen LogP contribution in [0.5, 0.6) is 0 Å². The summed E-state index contributed by atoms with van der Waals surface area (Å²) in [6.45, 7) is 3.55. The van der Waals surface area contributed by atoms with Crippen molar-refractivity contribution >= 4 is 63.1 Å². The van der Waals surface area contributed by atoms with Gasteiger partial charge in [0.2, 0.25) is 10.0 Å². The van der Waals surface area contributed by atoms with Crippen molar-refractivity contribution in [2.45, 2.75) is 19.6 Å². The van der Waals surface area contributed by atoms with Crippen molar-refractivity contribution in [3.05, 3.63) is 16.1 Å². The molecular weight excluding hydrogens is 550 g/mol. The van der Waals surface area contributed by atoms with Gasteiger partial charge in [-0.15, -0.1) is 35.3 Å². The molecule has 0 aromatic carbocycles. The van der Waals surface area contributed by atoms with Gasteiger partial charge in [-0.1, -0.05) is 0 Å². The molecule has 2 rings (SSSR count). The quantitative estimate of drug-likeness (QED) is 0.296. The van der Waals surface area contributed by atoms with Crippen LogP contribution in [0.4, 0.5) is 13.2 Å². The van der Waals surface area contributed by atoms with Crippen molar-refractivity contribution in [1.82, 2.24) is 19.9 Å². The molecule has 1 saturated heterocycles. The Morgan fingerprint density at radius 1 is 1.32 bits per heavy atom. The Kier molecular flexibility index (Phi) is 10.8. The number of hydrogen-bond acceptors (Lipinski definition) is 6. The van der Waals surface area contributed by atoms with Crippen LogP contribution in [0.1, 0.15) is 17.6 Å². The molecule has 162 valence electrons. The standard InChI is InChI=1S/C14H22F3N5O2S3.HI/c1-2-18-13(20-9-12-21-11(10-26-12)14(15,16)17)19-3-8-27(23,24)22-4-6-25-7-5-22;/h10H,2-9H2,1H3,(H2,18,19,20);1H. The van der Waals surface area contributed by atoms with Crippen molar-refractivity contribution < 1.29 is 21.6 Å².